The number of aromatic amines is 1. The number of aryl methyl sites for hydroxylation is 2. The van der Waals surface area contributed by atoms with Crippen molar-refractivity contribution in [2.45, 2.75) is 53.4 Å². The van der Waals surface area contributed by atoms with Gasteiger partial charge in [0.2, 0.25) is 0 Å². The van der Waals surface area contributed by atoms with E-state index in [4.69, 9.17) is 4.42 Å². The Morgan fingerprint density at radius 3 is 2.57 bits per heavy atom. The Hall–Kier alpha value is -4.04. The van der Waals surface area contributed by atoms with Gasteiger partial charge in [0.15, 0.2) is 5.82 Å². The molecule has 0 aliphatic heterocycles. The van der Waals surface area contributed by atoms with Crippen LogP contribution in [0.4, 0.5) is 0 Å². The summed E-state index contributed by atoms with van der Waals surface area (Å²) >= 11 is 0. The summed E-state index contributed by atoms with van der Waals surface area (Å²) in [7, 11) is 0. The molecule has 0 amide bonds. The number of H-pyrrole nitrogens is 1. The molecule has 0 saturated heterocycles. The van der Waals surface area contributed by atoms with Gasteiger partial charge >= 0.3 is 0 Å². The third-order valence-electron chi connectivity index (χ3n) is 6.96. The molecule has 8 heteroatoms. The number of furan rings is 1. The standard InChI is InChI=1S/C29H32N6O2/c1-19(2)27(28-31-32-33-35(28)18-25-11-8-14-37-25)34(16-22-9-6-5-7-10-22)17-24-15-23-13-12-20(3)21(4)26(23)30-29(24)36/h5-15,19,27H,16-18H2,1-4H3,(H,30,36)/t27-/m0/s1. The van der Waals surface area contributed by atoms with E-state index in [1.165, 1.54) is 0 Å². The van der Waals surface area contributed by atoms with E-state index in [-0.39, 0.29) is 17.5 Å². The van der Waals surface area contributed by atoms with Crippen LogP contribution in [0.15, 0.2) is 76.1 Å². The first-order valence-corrected chi connectivity index (χ1v) is 12.6. The van der Waals surface area contributed by atoms with Crippen LogP contribution >= 0.6 is 0 Å². The Labute approximate surface area is 215 Å². The fourth-order valence-corrected chi connectivity index (χ4v) is 4.95. The zero-order valence-corrected chi connectivity index (χ0v) is 21.7. The molecule has 0 saturated carbocycles. The lowest BCUT2D eigenvalue weighted by Crippen LogP contribution is -2.35. The van der Waals surface area contributed by atoms with Crippen molar-refractivity contribution in [1.82, 2.24) is 30.1 Å². The molecule has 2 aromatic carbocycles. The molecule has 0 aliphatic rings. The summed E-state index contributed by atoms with van der Waals surface area (Å²) in [4.78, 5) is 18.7. The van der Waals surface area contributed by atoms with Crippen LogP contribution in [0.1, 0.15) is 53.7 Å². The van der Waals surface area contributed by atoms with Gasteiger partial charge in [0.1, 0.15) is 12.3 Å². The second kappa shape index (κ2) is 10.5. The number of benzene rings is 2. The molecule has 0 spiro atoms. The highest BCUT2D eigenvalue weighted by Crippen LogP contribution is 2.31. The fourth-order valence-electron chi connectivity index (χ4n) is 4.95. The zero-order valence-electron chi connectivity index (χ0n) is 21.7. The van der Waals surface area contributed by atoms with Crippen LogP contribution < -0.4 is 5.56 Å². The number of rotatable bonds is 9. The lowest BCUT2D eigenvalue weighted by atomic mass is 9.99. The van der Waals surface area contributed by atoms with E-state index < -0.39 is 0 Å². The molecule has 0 radical (unpaired) electrons. The minimum Gasteiger partial charge on any atom is -0.467 e. The highest BCUT2D eigenvalue weighted by molar-refractivity contribution is 5.83. The lowest BCUT2D eigenvalue weighted by molar-refractivity contribution is 0.125. The van der Waals surface area contributed by atoms with Crippen LogP contribution in [0.5, 0.6) is 0 Å². The van der Waals surface area contributed by atoms with Gasteiger partial charge in [-0.2, -0.15) is 0 Å². The number of pyridine rings is 1. The average Bonchev–Trinajstić information content (AvgIpc) is 3.56. The minimum absolute atomic E-state index is 0.0723. The van der Waals surface area contributed by atoms with Crippen LogP contribution in [0.2, 0.25) is 0 Å². The number of aromatic nitrogens is 5. The molecule has 8 nitrogen and oxygen atoms in total. The van der Waals surface area contributed by atoms with Crippen LogP contribution in [-0.4, -0.2) is 30.1 Å². The molecule has 5 aromatic rings. The van der Waals surface area contributed by atoms with Crippen LogP contribution in [0.25, 0.3) is 10.9 Å². The molecule has 0 aliphatic carbocycles. The lowest BCUT2D eigenvalue weighted by Gasteiger charge is -2.33. The Kier molecular flexibility index (Phi) is 7.01. The number of tetrazole rings is 1. The summed E-state index contributed by atoms with van der Waals surface area (Å²) in [6, 6.07) is 20.1. The normalized spacial score (nSPS) is 12.6. The first-order chi connectivity index (χ1) is 17.9. The number of hydrogen-bond acceptors (Lipinski definition) is 6. The summed E-state index contributed by atoms with van der Waals surface area (Å²) in [5.74, 6) is 1.70. The molecule has 3 heterocycles. The highest BCUT2D eigenvalue weighted by atomic mass is 16.3. The number of nitrogens with one attached hydrogen (secondary N) is 1. The van der Waals surface area contributed by atoms with Crippen molar-refractivity contribution < 1.29 is 4.42 Å². The SMILES string of the molecule is Cc1ccc2cc(CN(Cc3ccccc3)[C@H](c3nnnn3Cc3ccco3)C(C)C)c(=O)[nH]c2c1C. The van der Waals surface area contributed by atoms with E-state index in [0.717, 1.165) is 39.2 Å². The molecule has 3 aromatic heterocycles. The first-order valence-electron chi connectivity index (χ1n) is 12.6. The predicted octanol–water partition coefficient (Wildman–Crippen LogP) is 5.17. The van der Waals surface area contributed by atoms with Crippen molar-refractivity contribution in [3.63, 3.8) is 0 Å². The summed E-state index contributed by atoms with van der Waals surface area (Å²) in [6.07, 6.45) is 1.65. The van der Waals surface area contributed by atoms with Gasteiger partial charge in [-0.3, -0.25) is 9.69 Å². The third-order valence-corrected chi connectivity index (χ3v) is 6.96. The van der Waals surface area contributed by atoms with Crippen molar-refractivity contribution >= 4 is 10.9 Å². The smallest absolute Gasteiger partial charge is 0.252 e. The van der Waals surface area contributed by atoms with E-state index >= 15 is 0 Å². The molecule has 0 fully saturated rings. The summed E-state index contributed by atoms with van der Waals surface area (Å²) < 4.78 is 7.34. The predicted molar refractivity (Wildman–Crippen MR) is 143 cm³/mol. The fraction of sp³-hybridized carbons (Fsp3) is 0.310. The molecular formula is C29H32N6O2. The quantitative estimate of drug-likeness (QED) is 0.303. The van der Waals surface area contributed by atoms with Crippen molar-refractivity contribution in [2.75, 3.05) is 0 Å². The molecule has 0 bridgehead atoms. The number of hydrogen-bond donors (Lipinski definition) is 1. The van der Waals surface area contributed by atoms with Crippen LogP contribution in [0, 0.1) is 19.8 Å². The summed E-state index contributed by atoms with van der Waals surface area (Å²) in [5.41, 5.74) is 4.94. The average molecular weight is 497 g/mol. The first kappa shape index (κ1) is 24.6. The van der Waals surface area contributed by atoms with Gasteiger partial charge in [-0.25, -0.2) is 4.68 Å². The largest absolute Gasteiger partial charge is 0.467 e. The Bertz CT molecular complexity index is 1540. The molecule has 1 atom stereocenters. The van der Waals surface area contributed by atoms with Gasteiger partial charge in [-0.05, 0) is 70.5 Å². The van der Waals surface area contributed by atoms with Crippen LogP contribution in [-0.2, 0) is 19.6 Å². The third kappa shape index (κ3) is 5.24. The van der Waals surface area contributed by atoms with Gasteiger partial charge in [0, 0.05) is 18.7 Å². The Balaban J connectivity index is 1.56. The van der Waals surface area contributed by atoms with Crippen molar-refractivity contribution in [1.29, 1.82) is 0 Å². The molecule has 1 N–H and O–H groups in total. The molecule has 0 unspecified atom stereocenters. The van der Waals surface area contributed by atoms with E-state index in [2.05, 4.69) is 70.4 Å². The van der Waals surface area contributed by atoms with E-state index in [9.17, 15) is 4.79 Å². The van der Waals surface area contributed by atoms with Gasteiger partial charge in [-0.1, -0.05) is 56.3 Å². The van der Waals surface area contributed by atoms with E-state index in [1.54, 1.807) is 10.9 Å². The van der Waals surface area contributed by atoms with Gasteiger partial charge in [0.25, 0.3) is 5.56 Å². The van der Waals surface area contributed by atoms with Crippen molar-refractivity contribution in [3.8, 4) is 0 Å². The molecule has 190 valence electrons. The molecular weight excluding hydrogens is 464 g/mol. The molecule has 5 rings (SSSR count). The monoisotopic (exact) mass is 496 g/mol. The Morgan fingerprint density at radius 2 is 1.84 bits per heavy atom. The van der Waals surface area contributed by atoms with Gasteiger partial charge in [0.05, 0.1) is 17.8 Å². The molecule has 37 heavy (non-hydrogen) atoms. The van der Waals surface area contributed by atoms with Crippen LogP contribution in [0.3, 0.4) is 0 Å². The maximum Gasteiger partial charge on any atom is 0.252 e. The van der Waals surface area contributed by atoms with Crippen molar-refractivity contribution in [2.24, 2.45) is 5.92 Å². The van der Waals surface area contributed by atoms with E-state index in [1.807, 2.05) is 43.3 Å². The van der Waals surface area contributed by atoms with Gasteiger partial charge in [-0.15, -0.1) is 5.10 Å². The Morgan fingerprint density at radius 1 is 1.03 bits per heavy atom. The van der Waals surface area contributed by atoms with Gasteiger partial charge < -0.3 is 9.40 Å². The summed E-state index contributed by atoms with van der Waals surface area (Å²) in [5, 5.41) is 13.8. The summed E-state index contributed by atoms with van der Waals surface area (Å²) in [6.45, 7) is 9.94. The second-order valence-electron chi connectivity index (χ2n) is 9.95. The maximum atomic E-state index is 13.3. The second-order valence-corrected chi connectivity index (χ2v) is 9.95. The number of fused-ring (bicyclic) bond motifs is 1. The van der Waals surface area contributed by atoms with Crippen molar-refractivity contribution in [3.05, 3.63) is 111 Å². The van der Waals surface area contributed by atoms with E-state index in [0.29, 0.717) is 25.2 Å². The maximum absolute atomic E-state index is 13.3. The minimum atomic E-state index is -0.139. The highest BCUT2D eigenvalue weighted by Gasteiger charge is 2.30. The zero-order chi connectivity index (χ0) is 25.9. The number of nitrogens with zero attached hydrogens (tertiary/aromatic N) is 5. The topological polar surface area (TPSA) is 92.8 Å².